The summed E-state index contributed by atoms with van der Waals surface area (Å²) in [4.78, 5) is 23.8. The number of nitrogens with one attached hydrogen (secondary N) is 1. The van der Waals surface area contributed by atoms with Crippen LogP contribution in [0.1, 0.15) is 21.5 Å². The number of aromatic carboxylic acids is 1. The van der Waals surface area contributed by atoms with E-state index in [4.69, 9.17) is 9.47 Å². The Kier molecular flexibility index (Phi) is 7.45. The lowest BCUT2D eigenvalue weighted by Crippen LogP contribution is -2.14. The Morgan fingerprint density at radius 2 is 1.71 bits per heavy atom. The number of carboxylic acids is 1. The van der Waals surface area contributed by atoms with Crippen molar-refractivity contribution in [2.75, 3.05) is 12.4 Å². The first-order chi connectivity index (χ1) is 15.0. The van der Waals surface area contributed by atoms with E-state index < -0.39 is 11.9 Å². The molecule has 0 fully saturated rings. The highest BCUT2D eigenvalue weighted by molar-refractivity contribution is 9.12. The number of hydrogen-bond donors (Lipinski definition) is 2. The molecule has 0 saturated carbocycles. The molecule has 31 heavy (non-hydrogen) atoms. The second-order valence-corrected chi connectivity index (χ2v) is 7.34. The van der Waals surface area contributed by atoms with Crippen LogP contribution in [-0.4, -0.2) is 24.1 Å². The summed E-state index contributed by atoms with van der Waals surface area (Å²) in [6.07, 6.45) is 1.61. The topological polar surface area (TPSA) is 84.9 Å². The molecule has 0 heterocycles. The van der Waals surface area contributed by atoms with Crippen molar-refractivity contribution >= 4 is 39.6 Å². The molecule has 7 heteroatoms. The van der Waals surface area contributed by atoms with Gasteiger partial charge in [-0.3, -0.25) is 4.79 Å². The fourth-order valence-corrected chi connectivity index (χ4v) is 3.16. The number of halogens is 1. The first-order valence-corrected chi connectivity index (χ1v) is 10.1. The number of para-hydroxylation sites is 1. The van der Waals surface area contributed by atoms with E-state index in [9.17, 15) is 14.7 Å². The molecular weight excluding hydrogens is 462 g/mol. The van der Waals surface area contributed by atoms with E-state index in [0.717, 1.165) is 5.56 Å². The van der Waals surface area contributed by atoms with Crippen molar-refractivity contribution in [3.05, 3.63) is 94.0 Å². The predicted octanol–water partition coefficient (Wildman–Crippen LogP) is 5.35. The van der Waals surface area contributed by atoms with Gasteiger partial charge in [0.05, 0.1) is 22.8 Å². The molecule has 0 spiro atoms. The van der Waals surface area contributed by atoms with Gasteiger partial charge in [0.25, 0.3) is 5.91 Å². The summed E-state index contributed by atoms with van der Waals surface area (Å²) in [5.74, 6) is -0.482. The van der Waals surface area contributed by atoms with Gasteiger partial charge in [0.15, 0.2) is 11.5 Å². The highest BCUT2D eigenvalue weighted by Gasteiger charge is 2.14. The number of carboxylic acid groups (broad SMARTS) is 1. The minimum Gasteiger partial charge on any atom is -0.493 e. The van der Waals surface area contributed by atoms with E-state index in [0.29, 0.717) is 23.7 Å². The SMILES string of the molecule is COc1cc(/C=C(\Br)C(=O)Nc2ccccc2C(=O)O)ccc1OCc1ccccc1. The molecule has 3 aromatic carbocycles. The highest BCUT2D eigenvalue weighted by Crippen LogP contribution is 2.30. The smallest absolute Gasteiger partial charge is 0.337 e. The third-order valence-corrected chi connectivity index (χ3v) is 4.93. The predicted molar refractivity (Wildman–Crippen MR) is 123 cm³/mol. The number of anilines is 1. The zero-order valence-electron chi connectivity index (χ0n) is 16.7. The number of hydrogen-bond acceptors (Lipinski definition) is 4. The molecule has 158 valence electrons. The maximum Gasteiger partial charge on any atom is 0.337 e. The number of methoxy groups -OCH3 is 1. The van der Waals surface area contributed by atoms with Crippen LogP contribution in [0.4, 0.5) is 5.69 Å². The summed E-state index contributed by atoms with van der Waals surface area (Å²) in [6.45, 7) is 0.404. The van der Waals surface area contributed by atoms with E-state index >= 15 is 0 Å². The van der Waals surface area contributed by atoms with Crippen molar-refractivity contribution in [3.8, 4) is 11.5 Å². The summed E-state index contributed by atoms with van der Waals surface area (Å²) >= 11 is 3.26. The Morgan fingerprint density at radius 1 is 1.00 bits per heavy atom. The van der Waals surface area contributed by atoms with Crippen LogP contribution < -0.4 is 14.8 Å². The lowest BCUT2D eigenvalue weighted by atomic mass is 10.1. The molecule has 0 bridgehead atoms. The highest BCUT2D eigenvalue weighted by atomic mass is 79.9. The maximum absolute atomic E-state index is 12.5. The number of amides is 1. The lowest BCUT2D eigenvalue weighted by molar-refractivity contribution is -0.112. The van der Waals surface area contributed by atoms with Crippen LogP contribution in [0.25, 0.3) is 6.08 Å². The Morgan fingerprint density at radius 3 is 2.42 bits per heavy atom. The van der Waals surface area contributed by atoms with Gasteiger partial charge in [-0.15, -0.1) is 0 Å². The largest absolute Gasteiger partial charge is 0.493 e. The molecule has 0 aromatic heterocycles. The summed E-state index contributed by atoms with van der Waals surface area (Å²) < 4.78 is 11.5. The van der Waals surface area contributed by atoms with Crippen LogP contribution in [0.5, 0.6) is 11.5 Å². The van der Waals surface area contributed by atoms with Crippen LogP contribution in [0.15, 0.2) is 77.3 Å². The number of ether oxygens (including phenoxy) is 2. The Hall–Kier alpha value is -3.58. The summed E-state index contributed by atoms with van der Waals surface area (Å²) in [7, 11) is 1.54. The van der Waals surface area contributed by atoms with Crippen molar-refractivity contribution in [1.29, 1.82) is 0 Å². The molecule has 3 aromatic rings. The van der Waals surface area contributed by atoms with Crippen LogP contribution >= 0.6 is 15.9 Å². The second kappa shape index (κ2) is 10.4. The van der Waals surface area contributed by atoms with Crippen molar-refractivity contribution in [3.63, 3.8) is 0 Å². The average molecular weight is 482 g/mol. The van der Waals surface area contributed by atoms with Crippen LogP contribution in [0.3, 0.4) is 0 Å². The quantitative estimate of drug-likeness (QED) is 0.423. The molecule has 0 radical (unpaired) electrons. The monoisotopic (exact) mass is 481 g/mol. The Labute approximate surface area is 188 Å². The molecule has 0 saturated heterocycles. The zero-order chi connectivity index (χ0) is 22.2. The van der Waals surface area contributed by atoms with Gasteiger partial charge in [0.2, 0.25) is 0 Å². The van der Waals surface area contributed by atoms with Gasteiger partial charge in [0.1, 0.15) is 6.61 Å². The Bertz CT molecular complexity index is 1110. The minimum atomic E-state index is -1.12. The Balaban J connectivity index is 1.73. The van der Waals surface area contributed by atoms with E-state index in [1.807, 2.05) is 30.3 Å². The number of carbonyl (C=O) groups excluding carboxylic acids is 1. The molecule has 1 amide bonds. The molecule has 0 atom stereocenters. The summed E-state index contributed by atoms with van der Waals surface area (Å²) in [5.41, 5.74) is 1.97. The molecule has 6 nitrogen and oxygen atoms in total. The minimum absolute atomic E-state index is 0.0118. The van der Waals surface area contributed by atoms with Gasteiger partial charge < -0.3 is 19.9 Å². The van der Waals surface area contributed by atoms with Crippen molar-refractivity contribution in [1.82, 2.24) is 0 Å². The third-order valence-electron chi connectivity index (χ3n) is 4.34. The van der Waals surface area contributed by atoms with Gasteiger partial charge in [-0.05, 0) is 57.4 Å². The lowest BCUT2D eigenvalue weighted by Gasteiger charge is -2.12. The van der Waals surface area contributed by atoms with Gasteiger partial charge in [0, 0.05) is 0 Å². The van der Waals surface area contributed by atoms with Crippen LogP contribution in [-0.2, 0) is 11.4 Å². The molecule has 0 aliphatic heterocycles. The number of rotatable bonds is 8. The molecular formula is C24H20BrNO5. The second-order valence-electron chi connectivity index (χ2n) is 6.48. The molecule has 3 rings (SSSR count). The summed E-state index contributed by atoms with van der Waals surface area (Å²) in [5, 5.41) is 11.8. The van der Waals surface area contributed by atoms with E-state index in [2.05, 4.69) is 21.2 Å². The third kappa shape index (κ3) is 5.96. The first-order valence-electron chi connectivity index (χ1n) is 9.33. The molecule has 0 aliphatic carbocycles. The van der Waals surface area contributed by atoms with Crippen molar-refractivity contribution in [2.45, 2.75) is 6.61 Å². The van der Waals surface area contributed by atoms with Crippen LogP contribution in [0, 0.1) is 0 Å². The van der Waals surface area contributed by atoms with Crippen LogP contribution in [0.2, 0.25) is 0 Å². The van der Waals surface area contributed by atoms with E-state index in [1.165, 1.54) is 12.1 Å². The molecule has 0 unspecified atom stereocenters. The van der Waals surface area contributed by atoms with Gasteiger partial charge in [-0.2, -0.15) is 0 Å². The van der Waals surface area contributed by atoms with E-state index in [1.54, 1.807) is 43.5 Å². The van der Waals surface area contributed by atoms with Gasteiger partial charge in [-0.1, -0.05) is 48.5 Å². The van der Waals surface area contributed by atoms with Gasteiger partial charge in [-0.25, -0.2) is 4.79 Å². The average Bonchev–Trinajstić information content (AvgIpc) is 2.79. The molecule has 0 aliphatic rings. The normalized spacial score (nSPS) is 11.0. The summed E-state index contributed by atoms with van der Waals surface area (Å²) in [6, 6.07) is 21.3. The first kappa shape index (κ1) is 22.1. The van der Waals surface area contributed by atoms with Crippen molar-refractivity contribution < 1.29 is 24.2 Å². The zero-order valence-corrected chi connectivity index (χ0v) is 18.3. The number of benzene rings is 3. The fraction of sp³-hybridized carbons (Fsp3) is 0.0833. The standard InChI is InChI=1S/C24H20BrNO5/c1-30-22-14-17(11-12-21(22)31-15-16-7-3-2-4-8-16)13-19(25)23(27)26-20-10-6-5-9-18(20)24(28)29/h2-14H,15H2,1H3,(H,26,27)(H,28,29)/b19-13-. The molecule has 2 N–H and O–H groups in total. The fourth-order valence-electron chi connectivity index (χ4n) is 2.80. The number of carbonyl (C=O) groups is 2. The van der Waals surface area contributed by atoms with E-state index in [-0.39, 0.29) is 15.7 Å². The van der Waals surface area contributed by atoms with Crippen molar-refractivity contribution in [2.24, 2.45) is 0 Å². The van der Waals surface area contributed by atoms with Gasteiger partial charge >= 0.3 is 5.97 Å². The maximum atomic E-state index is 12.5.